The summed E-state index contributed by atoms with van der Waals surface area (Å²) in [6.45, 7) is 7.69. The van der Waals surface area contributed by atoms with E-state index >= 15 is 0 Å². The first kappa shape index (κ1) is 22.5. The van der Waals surface area contributed by atoms with Gasteiger partial charge in [-0.25, -0.2) is 8.42 Å². The van der Waals surface area contributed by atoms with E-state index in [2.05, 4.69) is 5.32 Å². The van der Waals surface area contributed by atoms with Gasteiger partial charge in [-0.05, 0) is 44.9 Å². The molecule has 0 unspecified atom stereocenters. The molecule has 1 amide bonds. The molecule has 158 valence electrons. The molecule has 7 nitrogen and oxygen atoms in total. The van der Waals surface area contributed by atoms with Gasteiger partial charge in [0.25, 0.3) is 5.91 Å². The average Bonchev–Trinajstić information content (AvgIpc) is 2.63. The van der Waals surface area contributed by atoms with Crippen molar-refractivity contribution in [1.82, 2.24) is 0 Å². The van der Waals surface area contributed by atoms with Crippen molar-refractivity contribution in [3.8, 4) is 11.5 Å². The van der Waals surface area contributed by atoms with Crippen LogP contribution in [0, 0.1) is 20.8 Å². The van der Waals surface area contributed by atoms with E-state index in [-0.39, 0.29) is 17.8 Å². The number of hydrogen-bond acceptors (Lipinski definition) is 5. The third-order valence-corrected chi connectivity index (χ3v) is 5.87. The first-order chi connectivity index (χ1) is 13.5. The highest BCUT2D eigenvalue weighted by molar-refractivity contribution is 7.92. The molecule has 2 aromatic carbocycles. The number of sulfonamides is 1. The Bertz CT molecular complexity index is 1010. The second-order valence-corrected chi connectivity index (χ2v) is 8.79. The molecular formula is C21H28N2O5S. The topological polar surface area (TPSA) is 84.9 Å². The maximum absolute atomic E-state index is 13.2. The van der Waals surface area contributed by atoms with E-state index in [0.717, 1.165) is 22.9 Å². The summed E-state index contributed by atoms with van der Waals surface area (Å²) >= 11 is 0. The Morgan fingerprint density at radius 2 is 1.52 bits per heavy atom. The second kappa shape index (κ2) is 8.73. The van der Waals surface area contributed by atoms with Crippen molar-refractivity contribution < 1.29 is 22.7 Å². The van der Waals surface area contributed by atoms with Gasteiger partial charge in [0.2, 0.25) is 10.0 Å². The molecule has 0 heterocycles. The first-order valence-electron chi connectivity index (χ1n) is 9.16. The highest BCUT2D eigenvalue weighted by Gasteiger charge is 2.25. The van der Waals surface area contributed by atoms with E-state index in [4.69, 9.17) is 9.47 Å². The minimum Gasteiger partial charge on any atom is -0.493 e. The molecule has 0 saturated carbocycles. The van der Waals surface area contributed by atoms with Crippen LogP contribution in [0.15, 0.2) is 24.3 Å². The van der Waals surface area contributed by atoms with Gasteiger partial charge in [0.1, 0.15) is 0 Å². The van der Waals surface area contributed by atoms with Gasteiger partial charge in [0, 0.05) is 18.3 Å². The summed E-state index contributed by atoms with van der Waals surface area (Å²) in [4.78, 5) is 13.2. The van der Waals surface area contributed by atoms with Crippen LogP contribution in [0.3, 0.4) is 0 Å². The van der Waals surface area contributed by atoms with Gasteiger partial charge in [-0.3, -0.25) is 9.10 Å². The summed E-state index contributed by atoms with van der Waals surface area (Å²) in [5, 5.41) is 2.92. The van der Waals surface area contributed by atoms with Crippen molar-refractivity contribution in [2.45, 2.75) is 27.7 Å². The molecule has 0 aromatic heterocycles. The van der Waals surface area contributed by atoms with Crippen molar-refractivity contribution in [3.05, 3.63) is 46.5 Å². The summed E-state index contributed by atoms with van der Waals surface area (Å²) < 4.78 is 36.4. The number of rotatable bonds is 7. The number of carbonyl (C=O) groups excluding carboxylic acids is 1. The Labute approximate surface area is 172 Å². The number of nitrogens with one attached hydrogen (secondary N) is 1. The van der Waals surface area contributed by atoms with Gasteiger partial charge in [0.15, 0.2) is 11.5 Å². The number of methoxy groups -OCH3 is 2. The van der Waals surface area contributed by atoms with Crippen LogP contribution in [0.1, 0.15) is 34.0 Å². The minimum absolute atomic E-state index is 0.164. The lowest BCUT2D eigenvalue weighted by Crippen LogP contribution is -2.31. The molecule has 0 atom stereocenters. The van der Waals surface area contributed by atoms with Crippen molar-refractivity contribution in [3.63, 3.8) is 0 Å². The van der Waals surface area contributed by atoms with Crippen LogP contribution in [0.2, 0.25) is 0 Å². The second-order valence-electron chi connectivity index (χ2n) is 6.88. The lowest BCUT2D eigenvalue weighted by molar-refractivity contribution is 0.102. The van der Waals surface area contributed by atoms with Crippen molar-refractivity contribution in [2.24, 2.45) is 0 Å². The van der Waals surface area contributed by atoms with Crippen LogP contribution in [0.25, 0.3) is 0 Å². The molecule has 29 heavy (non-hydrogen) atoms. The molecule has 0 aliphatic rings. The molecule has 2 rings (SSSR count). The number of hydrogen-bond donors (Lipinski definition) is 1. The minimum atomic E-state index is -3.61. The Kier molecular flexibility index (Phi) is 6.79. The largest absolute Gasteiger partial charge is 0.493 e. The average molecular weight is 421 g/mol. The first-order valence-corrected chi connectivity index (χ1v) is 11.0. The maximum Gasteiger partial charge on any atom is 0.257 e. The van der Waals surface area contributed by atoms with E-state index in [9.17, 15) is 13.2 Å². The standard InChI is InChI=1S/C21H28N2O5S/c1-8-23(29(7,25)26)17-12-19(28-6)18(27-5)11-16(17)21(24)22-20-14(3)9-13(2)10-15(20)4/h9-12H,8H2,1-7H3,(H,22,24). The smallest absolute Gasteiger partial charge is 0.257 e. The van der Waals surface area contributed by atoms with Gasteiger partial charge in [-0.2, -0.15) is 0 Å². The lowest BCUT2D eigenvalue weighted by Gasteiger charge is -2.25. The SMILES string of the molecule is CCN(c1cc(OC)c(OC)cc1C(=O)Nc1c(C)cc(C)cc1C)S(C)(=O)=O. The summed E-state index contributed by atoms with van der Waals surface area (Å²) in [7, 11) is -0.691. The fraction of sp³-hybridized carbons (Fsp3) is 0.381. The third-order valence-electron chi connectivity index (χ3n) is 4.62. The molecular weight excluding hydrogens is 392 g/mol. The number of nitrogens with zero attached hydrogens (tertiary/aromatic N) is 1. The summed E-state index contributed by atoms with van der Waals surface area (Å²) in [5.74, 6) is 0.241. The van der Waals surface area contributed by atoms with Crippen molar-refractivity contribution >= 4 is 27.3 Å². The summed E-state index contributed by atoms with van der Waals surface area (Å²) in [5.41, 5.74) is 4.05. The number of benzene rings is 2. The van der Waals surface area contributed by atoms with Gasteiger partial charge < -0.3 is 14.8 Å². The van der Waals surface area contributed by atoms with Crippen LogP contribution in [0.4, 0.5) is 11.4 Å². The number of aryl methyl sites for hydroxylation is 3. The molecule has 1 N–H and O–H groups in total. The molecule has 0 aliphatic carbocycles. The Morgan fingerprint density at radius 1 is 1.00 bits per heavy atom. The summed E-state index contributed by atoms with van der Waals surface area (Å²) in [6, 6.07) is 6.96. The Hall–Kier alpha value is -2.74. The van der Waals surface area contributed by atoms with E-state index < -0.39 is 15.9 Å². The van der Waals surface area contributed by atoms with Crippen LogP contribution >= 0.6 is 0 Å². The zero-order valence-corrected chi connectivity index (χ0v) is 18.7. The summed E-state index contributed by atoms with van der Waals surface area (Å²) in [6.07, 6.45) is 1.10. The number of amides is 1. The van der Waals surface area contributed by atoms with Crippen molar-refractivity contribution in [2.75, 3.05) is 36.6 Å². The van der Waals surface area contributed by atoms with E-state index in [1.165, 1.54) is 30.7 Å². The fourth-order valence-electron chi connectivity index (χ4n) is 3.40. The number of ether oxygens (including phenoxy) is 2. The quantitative estimate of drug-likeness (QED) is 0.739. The van der Waals surface area contributed by atoms with Crippen LogP contribution in [-0.4, -0.2) is 41.3 Å². The van der Waals surface area contributed by atoms with Gasteiger partial charge in [-0.15, -0.1) is 0 Å². The van der Waals surface area contributed by atoms with E-state index in [1.54, 1.807) is 6.92 Å². The molecule has 0 aliphatic heterocycles. The Balaban J connectivity index is 2.65. The third kappa shape index (κ3) is 4.82. The van der Waals surface area contributed by atoms with Crippen LogP contribution < -0.4 is 19.1 Å². The molecule has 0 bridgehead atoms. The fourth-order valence-corrected chi connectivity index (χ4v) is 4.38. The van der Waals surface area contributed by atoms with Gasteiger partial charge in [-0.1, -0.05) is 17.7 Å². The zero-order valence-electron chi connectivity index (χ0n) is 17.9. The maximum atomic E-state index is 13.2. The monoisotopic (exact) mass is 420 g/mol. The lowest BCUT2D eigenvalue weighted by atomic mass is 10.0. The molecule has 0 spiro atoms. The highest BCUT2D eigenvalue weighted by Crippen LogP contribution is 2.37. The highest BCUT2D eigenvalue weighted by atomic mass is 32.2. The Morgan fingerprint density at radius 3 is 1.97 bits per heavy atom. The predicted molar refractivity (Wildman–Crippen MR) is 116 cm³/mol. The zero-order chi connectivity index (χ0) is 21.9. The number of anilines is 2. The molecule has 0 saturated heterocycles. The van der Waals surface area contributed by atoms with Gasteiger partial charge >= 0.3 is 0 Å². The van der Waals surface area contributed by atoms with E-state index in [1.807, 2.05) is 32.9 Å². The molecule has 2 aromatic rings. The van der Waals surface area contributed by atoms with Crippen LogP contribution in [0.5, 0.6) is 11.5 Å². The van der Waals surface area contributed by atoms with Crippen LogP contribution in [-0.2, 0) is 10.0 Å². The molecule has 0 radical (unpaired) electrons. The normalized spacial score (nSPS) is 11.1. The number of carbonyl (C=O) groups is 1. The molecule has 8 heteroatoms. The van der Waals surface area contributed by atoms with E-state index in [0.29, 0.717) is 17.2 Å². The van der Waals surface area contributed by atoms with Gasteiger partial charge in [0.05, 0.1) is 31.7 Å². The molecule has 0 fully saturated rings. The van der Waals surface area contributed by atoms with Crippen molar-refractivity contribution in [1.29, 1.82) is 0 Å². The predicted octanol–water partition coefficient (Wildman–Crippen LogP) is 3.67.